The minimum absolute atomic E-state index is 0.0314. The number of fused-ring (bicyclic) bond motifs is 1. The number of rotatable bonds is 6. The molecule has 4 rings (SSSR count). The average molecular weight is 491 g/mol. The van der Waals surface area contributed by atoms with Crippen LogP contribution < -0.4 is 16.4 Å². The van der Waals surface area contributed by atoms with Crippen LogP contribution in [0, 0.1) is 0 Å². The molecular formula is C23H27ClN4O4S. The van der Waals surface area contributed by atoms with Crippen LogP contribution in [0.15, 0.2) is 47.4 Å². The quantitative estimate of drug-likeness (QED) is 0.570. The first kappa shape index (κ1) is 23.7. The lowest BCUT2D eigenvalue weighted by Gasteiger charge is -2.34. The lowest BCUT2D eigenvalue weighted by molar-refractivity contribution is -0.132. The Hall–Kier alpha value is -2.46. The molecule has 1 aliphatic heterocycles. The fourth-order valence-electron chi connectivity index (χ4n) is 4.49. The van der Waals surface area contributed by atoms with Crippen LogP contribution in [-0.4, -0.2) is 43.7 Å². The van der Waals surface area contributed by atoms with Crippen molar-refractivity contribution in [2.24, 2.45) is 5.73 Å². The Morgan fingerprint density at radius 3 is 2.70 bits per heavy atom. The molecule has 2 atom stereocenters. The third kappa shape index (κ3) is 5.06. The van der Waals surface area contributed by atoms with Gasteiger partial charge in [0.05, 0.1) is 17.4 Å². The van der Waals surface area contributed by atoms with Crippen molar-refractivity contribution in [3.8, 4) is 0 Å². The summed E-state index contributed by atoms with van der Waals surface area (Å²) in [6.07, 6.45) is 2.37. The summed E-state index contributed by atoms with van der Waals surface area (Å²) in [5, 5.41) is 6.09. The van der Waals surface area contributed by atoms with E-state index < -0.39 is 22.0 Å². The van der Waals surface area contributed by atoms with Crippen LogP contribution in [0.4, 0.5) is 0 Å². The van der Waals surface area contributed by atoms with E-state index in [1.165, 1.54) is 24.3 Å². The maximum atomic E-state index is 13.2. The van der Waals surface area contributed by atoms with Gasteiger partial charge in [0.1, 0.15) is 6.04 Å². The number of carbonyl (C=O) groups is 2. The number of piperazine rings is 1. The van der Waals surface area contributed by atoms with Crippen molar-refractivity contribution in [2.45, 2.75) is 49.2 Å². The molecule has 8 nitrogen and oxygen atoms in total. The van der Waals surface area contributed by atoms with Crippen LogP contribution in [0.2, 0.25) is 5.02 Å². The first-order chi connectivity index (χ1) is 15.8. The SMILES string of the molecule is NCc1ccc2c(c1)CCC[C@H]2NC(=O)C[C@@H]1C(=O)NCCN1S(=O)(=O)c1ccc(Cl)cc1. The molecular weight excluding hydrogens is 464 g/mol. The summed E-state index contributed by atoms with van der Waals surface area (Å²) in [6, 6.07) is 10.5. The Morgan fingerprint density at radius 1 is 1.21 bits per heavy atom. The van der Waals surface area contributed by atoms with Gasteiger partial charge in [0.25, 0.3) is 0 Å². The first-order valence-corrected chi connectivity index (χ1v) is 12.8. The van der Waals surface area contributed by atoms with Gasteiger partial charge in [0, 0.05) is 24.7 Å². The number of amides is 2. The van der Waals surface area contributed by atoms with Gasteiger partial charge < -0.3 is 16.4 Å². The standard InChI is InChI=1S/C23H27ClN4O4S/c24-17-5-7-18(8-6-17)33(31,32)28-11-10-26-23(30)21(28)13-22(29)27-20-3-1-2-16-12-15(14-25)4-9-19(16)20/h4-9,12,20-21H,1-3,10-11,13-14,25H2,(H,26,30)(H,27,29)/t20-,21-/m1/s1. The van der Waals surface area contributed by atoms with Gasteiger partial charge in [0.15, 0.2) is 0 Å². The van der Waals surface area contributed by atoms with Gasteiger partial charge in [0.2, 0.25) is 21.8 Å². The van der Waals surface area contributed by atoms with Gasteiger partial charge in [-0.25, -0.2) is 8.42 Å². The molecule has 33 heavy (non-hydrogen) atoms. The van der Waals surface area contributed by atoms with Crippen LogP contribution >= 0.6 is 11.6 Å². The predicted octanol–water partition coefficient (Wildman–Crippen LogP) is 1.87. The van der Waals surface area contributed by atoms with Crippen LogP contribution in [-0.2, 0) is 32.6 Å². The fraction of sp³-hybridized carbons (Fsp3) is 0.391. The van der Waals surface area contributed by atoms with Gasteiger partial charge in [-0.15, -0.1) is 0 Å². The topological polar surface area (TPSA) is 122 Å². The zero-order valence-corrected chi connectivity index (χ0v) is 19.7. The molecule has 0 aromatic heterocycles. The largest absolute Gasteiger partial charge is 0.353 e. The average Bonchev–Trinajstić information content (AvgIpc) is 2.80. The Morgan fingerprint density at radius 2 is 1.97 bits per heavy atom. The molecule has 10 heteroatoms. The summed E-state index contributed by atoms with van der Waals surface area (Å²) in [5.74, 6) is -0.848. The number of carbonyl (C=O) groups excluding carboxylic acids is 2. The normalized spacial score (nSPS) is 21.2. The number of hydrogen-bond donors (Lipinski definition) is 3. The van der Waals surface area contributed by atoms with Crippen molar-refractivity contribution in [1.82, 2.24) is 14.9 Å². The van der Waals surface area contributed by atoms with Crippen molar-refractivity contribution < 1.29 is 18.0 Å². The highest BCUT2D eigenvalue weighted by atomic mass is 35.5. The number of hydrogen-bond acceptors (Lipinski definition) is 5. The second-order valence-electron chi connectivity index (χ2n) is 8.33. The van der Waals surface area contributed by atoms with Crippen molar-refractivity contribution >= 4 is 33.4 Å². The molecule has 0 saturated carbocycles. The minimum Gasteiger partial charge on any atom is -0.353 e. The van der Waals surface area contributed by atoms with E-state index in [1.807, 2.05) is 12.1 Å². The molecule has 0 bridgehead atoms. The van der Waals surface area contributed by atoms with Crippen LogP contribution in [0.1, 0.15) is 42.0 Å². The van der Waals surface area contributed by atoms with Gasteiger partial charge in [-0.3, -0.25) is 9.59 Å². The number of sulfonamides is 1. The Bertz CT molecular complexity index is 1150. The van der Waals surface area contributed by atoms with E-state index in [2.05, 4.69) is 16.7 Å². The Balaban J connectivity index is 1.51. The smallest absolute Gasteiger partial charge is 0.243 e. The summed E-state index contributed by atoms with van der Waals surface area (Å²) in [4.78, 5) is 25.6. The lowest BCUT2D eigenvalue weighted by atomic mass is 9.86. The highest BCUT2D eigenvalue weighted by Gasteiger charge is 2.40. The van der Waals surface area contributed by atoms with E-state index in [0.717, 1.165) is 40.3 Å². The Kier molecular flexibility index (Phi) is 7.04. The second-order valence-corrected chi connectivity index (χ2v) is 10.7. The highest BCUT2D eigenvalue weighted by molar-refractivity contribution is 7.89. The molecule has 4 N–H and O–H groups in total. The lowest BCUT2D eigenvalue weighted by Crippen LogP contribution is -2.58. The van der Waals surface area contributed by atoms with Crippen LogP contribution in [0.5, 0.6) is 0 Å². The zero-order valence-electron chi connectivity index (χ0n) is 18.1. The van der Waals surface area contributed by atoms with Crippen molar-refractivity contribution in [2.75, 3.05) is 13.1 Å². The third-order valence-corrected chi connectivity index (χ3v) is 8.35. The minimum atomic E-state index is -3.97. The molecule has 176 valence electrons. The van der Waals surface area contributed by atoms with Crippen LogP contribution in [0.3, 0.4) is 0 Å². The monoisotopic (exact) mass is 490 g/mol. The zero-order chi connectivity index (χ0) is 23.6. The summed E-state index contributed by atoms with van der Waals surface area (Å²) < 4.78 is 27.5. The molecule has 2 aliphatic rings. The number of halogens is 1. The number of benzene rings is 2. The van der Waals surface area contributed by atoms with E-state index in [4.69, 9.17) is 17.3 Å². The van der Waals surface area contributed by atoms with Crippen LogP contribution in [0.25, 0.3) is 0 Å². The fourth-order valence-corrected chi connectivity index (χ4v) is 6.21. The third-order valence-electron chi connectivity index (χ3n) is 6.17. The van der Waals surface area contributed by atoms with E-state index in [-0.39, 0.29) is 36.4 Å². The van der Waals surface area contributed by atoms with Crippen molar-refractivity contribution in [3.05, 3.63) is 64.2 Å². The van der Waals surface area contributed by atoms with E-state index >= 15 is 0 Å². The maximum Gasteiger partial charge on any atom is 0.243 e. The number of nitrogens with two attached hydrogens (primary N) is 1. The molecule has 0 spiro atoms. The highest BCUT2D eigenvalue weighted by Crippen LogP contribution is 2.31. The molecule has 1 fully saturated rings. The summed E-state index contributed by atoms with van der Waals surface area (Å²) in [6.45, 7) is 0.727. The number of nitrogens with zero attached hydrogens (tertiary/aromatic N) is 1. The molecule has 2 amide bonds. The first-order valence-electron chi connectivity index (χ1n) is 11.0. The molecule has 0 unspecified atom stereocenters. The van der Waals surface area contributed by atoms with Gasteiger partial charge in [-0.05, 0) is 60.2 Å². The van der Waals surface area contributed by atoms with E-state index in [0.29, 0.717) is 11.6 Å². The molecule has 2 aromatic rings. The van der Waals surface area contributed by atoms with E-state index in [1.54, 1.807) is 0 Å². The predicted molar refractivity (Wildman–Crippen MR) is 125 cm³/mol. The van der Waals surface area contributed by atoms with Gasteiger partial charge in [-0.2, -0.15) is 4.31 Å². The molecule has 1 aliphatic carbocycles. The molecule has 1 saturated heterocycles. The van der Waals surface area contributed by atoms with E-state index in [9.17, 15) is 18.0 Å². The number of nitrogens with one attached hydrogen (secondary N) is 2. The molecule has 0 radical (unpaired) electrons. The Labute approximate surface area is 198 Å². The second kappa shape index (κ2) is 9.80. The summed E-state index contributed by atoms with van der Waals surface area (Å²) in [7, 11) is -3.97. The van der Waals surface area contributed by atoms with Crippen molar-refractivity contribution in [3.63, 3.8) is 0 Å². The summed E-state index contributed by atoms with van der Waals surface area (Å²) >= 11 is 5.88. The van der Waals surface area contributed by atoms with Crippen molar-refractivity contribution in [1.29, 1.82) is 0 Å². The number of aryl methyl sites for hydroxylation is 1. The maximum absolute atomic E-state index is 13.2. The van der Waals surface area contributed by atoms with Gasteiger partial charge >= 0.3 is 0 Å². The molecule has 2 aromatic carbocycles. The summed E-state index contributed by atoms with van der Waals surface area (Å²) in [5.41, 5.74) is 9.00. The van der Waals surface area contributed by atoms with Gasteiger partial charge in [-0.1, -0.05) is 29.8 Å². The molecule has 1 heterocycles.